The number of carbonyl (C=O) groups is 3. The highest BCUT2D eigenvalue weighted by Crippen LogP contribution is 2.17. The van der Waals surface area contributed by atoms with Gasteiger partial charge in [-0.3, -0.25) is 4.79 Å². The first kappa shape index (κ1) is 21.0. The van der Waals surface area contributed by atoms with Gasteiger partial charge in [-0.2, -0.15) is 0 Å². The molecule has 0 aliphatic heterocycles. The van der Waals surface area contributed by atoms with E-state index >= 15 is 0 Å². The fourth-order valence-corrected chi connectivity index (χ4v) is 2.33. The third kappa shape index (κ3) is 8.53. The number of nitrogens with one attached hydrogen (secondary N) is 1. The van der Waals surface area contributed by atoms with Gasteiger partial charge >= 0.3 is 11.9 Å². The van der Waals surface area contributed by atoms with Crippen LogP contribution in [0.5, 0.6) is 5.75 Å². The molecule has 0 aliphatic rings. The van der Waals surface area contributed by atoms with E-state index in [0.29, 0.717) is 12.2 Å². The number of benzene rings is 1. The summed E-state index contributed by atoms with van der Waals surface area (Å²) in [5.74, 6) is -1.11. The quantitative estimate of drug-likeness (QED) is 0.620. The molecule has 0 aliphatic carbocycles. The highest BCUT2D eigenvalue weighted by atomic mass is 79.9. The van der Waals surface area contributed by atoms with Gasteiger partial charge in [-0.25, -0.2) is 9.59 Å². The van der Waals surface area contributed by atoms with Crippen LogP contribution in [0.3, 0.4) is 0 Å². The Kier molecular flexibility index (Phi) is 8.98. The molecule has 1 atom stereocenters. The van der Waals surface area contributed by atoms with Gasteiger partial charge < -0.3 is 19.5 Å². The number of rotatable bonds is 9. The van der Waals surface area contributed by atoms with E-state index in [4.69, 9.17) is 9.47 Å². The second kappa shape index (κ2) is 10.7. The summed E-state index contributed by atoms with van der Waals surface area (Å²) in [6.45, 7) is 3.02. The normalized spacial score (nSPS) is 11.6. The SMILES string of the molecule is COC(=O)[C@H](CC(C)C)NC(=O)COC(=O)COc1cccc(Br)c1. The Morgan fingerprint density at radius 3 is 2.52 bits per heavy atom. The fraction of sp³-hybridized carbons (Fsp3) is 0.471. The maximum atomic E-state index is 11.8. The summed E-state index contributed by atoms with van der Waals surface area (Å²) in [7, 11) is 1.25. The van der Waals surface area contributed by atoms with Crippen molar-refractivity contribution in [1.29, 1.82) is 0 Å². The lowest BCUT2D eigenvalue weighted by molar-refractivity contribution is -0.151. The highest BCUT2D eigenvalue weighted by Gasteiger charge is 2.23. The van der Waals surface area contributed by atoms with Crippen LogP contribution in [0.4, 0.5) is 0 Å². The van der Waals surface area contributed by atoms with Crippen LogP contribution in [-0.2, 0) is 23.9 Å². The number of methoxy groups -OCH3 is 1. The summed E-state index contributed by atoms with van der Waals surface area (Å²) in [4.78, 5) is 35.1. The van der Waals surface area contributed by atoms with E-state index in [0.717, 1.165) is 4.47 Å². The molecule has 0 spiro atoms. The first-order chi connectivity index (χ1) is 11.8. The zero-order valence-corrected chi connectivity index (χ0v) is 16.0. The van der Waals surface area contributed by atoms with E-state index < -0.39 is 30.5 Å². The summed E-state index contributed by atoms with van der Waals surface area (Å²) < 4.78 is 15.6. The van der Waals surface area contributed by atoms with E-state index in [1.54, 1.807) is 18.2 Å². The first-order valence-corrected chi connectivity index (χ1v) is 8.52. The van der Waals surface area contributed by atoms with Crippen molar-refractivity contribution in [2.75, 3.05) is 20.3 Å². The van der Waals surface area contributed by atoms with Gasteiger partial charge in [0.25, 0.3) is 5.91 Å². The van der Waals surface area contributed by atoms with Crippen LogP contribution >= 0.6 is 15.9 Å². The summed E-state index contributed by atoms with van der Waals surface area (Å²) in [5.41, 5.74) is 0. The second-order valence-electron chi connectivity index (χ2n) is 5.68. The average molecular weight is 416 g/mol. The largest absolute Gasteiger partial charge is 0.482 e. The molecule has 0 radical (unpaired) electrons. The van der Waals surface area contributed by atoms with Crippen LogP contribution in [0, 0.1) is 5.92 Å². The predicted molar refractivity (Wildman–Crippen MR) is 94.0 cm³/mol. The zero-order chi connectivity index (χ0) is 18.8. The number of ether oxygens (including phenoxy) is 3. The Hall–Kier alpha value is -2.09. The summed E-state index contributed by atoms with van der Waals surface area (Å²) in [6.07, 6.45) is 0.429. The van der Waals surface area contributed by atoms with Crippen molar-refractivity contribution in [1.82, 2.24) is 5.32 Å². The maximum Gasteiger partial charge on any atom is 0.344 e. The molecular weight excluding hydrogens is 394 g/mol. The second-order valence-corrected chi connectivity index (χ2v) is 6.60. The minimum absolute atomic E-state index is 0.186. The lowest BCUT2D eigenvalue weighted by atomic mass is 10.0. The number of esters is 2. The summed E-state index contributed by atoms with van der Waals surface area (Å²) >= 11 is 3.29. The summed E-state index contributed by atoms with van der Waals surface area (Å²) in [5, 5.41) is 2.50. The molecule has 1 rings (SSSR count). The molecule has 0 saturated heterocycles. The van der Waals surface area contributed by atoms with Gasteiger partial charge in [0.1, 0.15) is 11.8 Å². The topological polar surface area (TPSA) is 90.9 Å². The molecule has 1 N–H and O–H groups in total. The lowest BCUT2D eigenvalue weighted by Crippen LogP contribution is -2.44. The Morgan fingerprint density at radius 2 is 1.92 bits per heavy atom. The average Bonchev–Trinajstić information content (AvgIpc) is 2.56. The van der Waals surface area contributed by atoms with Crippen LogP contribution < -0.4 is 10.1 Å². The van der Waals surface area contributed by atoms with Crippen LogP contribution in [-0.4, -0.2) is 44.2 Å². The monoisotopic (exact) mass is 415 g/mol. The van der Waals surface area contributed by atoms with Gasteiger partial charge in [0.15, 0.2) is 13.2 Å². The molecule has 0 unspecified atom stereocenters. The van der Waals surface area contributed by atoms with E-state index in [-0.39, 0.29) is 12.5 Å². The molecule has 1 amide bonds. The Labute approximate surface area is 155 Å². The smallest absolute Gasteiger partial charge is 0.344 e. The molecule has 8 heteroatoms. The molecule has 1 aromatic carbocycles. The number of halogens is 1. The lowest BCUT2D eigenvalue weighted by Gasteiger charge is -2.18. The molecule has 0 bridgehead atoms. The standard InChI is InChI=1S/C17H22BrNO6/c1-11(2)7-14(17(22)23-3)19-15(20)9-25-16(21)10-24-13-6-4-5-12(18)8-13/h4-6,8,11,14H,7,9-10H2,1-3H3,(H,19,20)/t14-/m0/s1. The van der Waals surface area contributed by atoms with Gasteiger partial charge in [-0.1, -0.05) is 35.8 Å². The van der Waals surface area contributed by atoms with Crippen LogP contribution in [0.15, 0.2) is 28.7 Å². The highest BCUT2D eigenvalue weighted by molar-refractivity contribution is 9.10. The number of amides is 1. The molecule has 0 heterocycles. The van der Waals surface area contributed by atoms with E-state index in [2.05, 4.69) is 26.0 Å². The van der Waals surface area contributed by atoms with Gasteiger partial charge in [0, 0.05) is 4.47 Å². The van der Waals surface area contributed by atoms with Crippen molar-refractivity contribution >= 4 is 33.8 Å². The van der Waals surface area contributed by atoms with Gasteiger partial charge in [0.2, 0.25) is 0 Å². The van der Waals surface area contributed by atoms with E-state index in [1.165, 1.54) is 7.11 Å². The third-order valence-electron chi connectivity index (χ3n) is 3.05. The first-order valence-electron chi connectivity index (χ1n) is 7.73. The van der Waals surface area contributed by atoms with Gasteiger partial charge in [-0.15, -0.1) is 0 Å². The molecule has 0 fully saturated rings. The van der Waals surface area contributed by atoms with Crippen LogP contribution in [0.1, 0.15) is 20.3 Å². The molecule has 138 valence electrons. The minimum Gasteiger partial charge on any atom is -0.482 e. The number of hydrogen-bond donors (Lipinski definition) is 1. The third-order valence-corrected chi connectivity index (χ3v) is 3.54. The predicted octanol–water partition coefficient (Wildman–Crippen LogP) is 2.07. The molecule has 1 aromatic rings. The fourth-order valence-electron chi connectivity index (χ4n) is 1.95. The van der Waals surface area contributed by atoms with E-state index in [9.17, 15) is 14.4 Å². The number of hydrogen-bond acceptors (Lipinski definition) is 6. The van der Waals surface area contributed by atoms with Crippen LogP contribution in [0.25, 0.3) is 0 Å². The van der Waals surface area contributed by atoms with Crippen molar-refractivity contribution in [2.45, 2.75) is 26.3 Å². The van der Waals surface area contributed by atoms with E-state index in [1.807, 2.05) is 19.9 Å². The van der Waals surface area contributed by atoms with Crippen LogP contribution in [0.2, 0.25) is 0 Å². The minimum atomic E-state index is -0.769. The zero-order valence-electron chi connectivity index (χ0n) is 14.4. The molecular formula is C17H22BrNO6. The van der Waals surface area contributed by atoms with Crippen molar-refractivity contribution in [3.8, 4) is 5.75 Å². The molecule has 7 nitrogen and oxygen atoms in total. The molecule has 25 heavy (non-hydrogen) atoms. The summed E-state index contributed by atoms with van der Waals surface area (Å²) in [6, 6.07) is 6.21. The molecule has 0 saturated carbocycles. The van der Waals surface area contributed by atoms with Crippen molar-refractivity contribution in [3.63, 3.8) is 0 Å². The van der Waals surface area contributed by atoms with Gasteiger partial charge in [-0.05, 0) is 30.5 Å². The van der Waals surface area contributed by atoms with Crippen molar-refractivity contribution in [3.05, 3.63) is 28.7 Å². The molecule has 0 aromatic heterocycles. The Bertz CT molecular complexity index is 605. The maximum absolute atomic E-state index is 11.8. The Balaban J connectivity index is 2.38. The van der Waals surface area contributed by atoms with Crippen molar-refractivity contribution < 1.29 is 28.6 Å². The van der Waals surface area contributed by atoms with Gasteiger partial charge in [0.05, 0.1) is 7.11 Å². The Morgan fingerprint density at radius 1 is 1.20 bits per heavy atom. The van der Waals surface area contributed by atoms with Crippen molar-refractivity contribution in [2.24, 2.45) is 5.92 Å². The number of carbonyl (C=O) groups excluding carboxylic acids is 3.